The summed E-state index contributed by atoms with van der Waals surface area (Å²) in [5.41, 5.74) is 7.14. The molecule has 0 spiro atoms. The summed E-state index contributed by atoms with van der Waals surface area (Å²) in [6.07, 6.45) is 1.74. The normalized spacial score (nSPS) is 11.0. The molecule has 2 aromatic heterocycles. The number of imidazole rings is 1. The number of benzene rings is 1. The number of rotatable bonds is 4. The van der Waals surface area contributed by atoms with E-state index in [0.29, 0.717) is 6.54 Å². The maximum atomic E-state index is 12.8. The number of aryl methyl sites for hydroxylation is 3. The van der Waals surface area contributed by atoms with Crippen LogP contribution in [0.5, 0.6) is 0 Å². The summed E-state index contributed by atoms with van der Waals surface area (Å²) in [5.74, 6) is 0.113. The first-order valence-electron chi connectivity index (χ1n) is 8.16. The number of nitrogens with zero attached hydrogens (tertiary/aromatic N) is 3. The number of hydrogen-bond donors (Lipinski definition) is 0. The maximum Gasteiger partial charge on any atom is 0.184 e. The molecule has 0 fully saturated rings. The second-order valence-electron chi connectivity index (χ2n) is 6.43. The van der Waals surface area contributed by atoms with Gasteiger partial charge in [-0.2, -0.15) is 0 Å². The minimum absolute atomic E-state index is 0.113. The molecule has 0 aliphatic carbocycles. The molecule has 1 aromatic carbocycles. The van der Waals surface area contributed by atoms with E-state index in [1.807, 2.05) is 44.4 Å². The Labute approximate surface area is 142 Å². The Bertz CT molecular complexity index is 915. The molecule has 24 heavy (non-hydrogen) atoms. The van der Waals surface area contributed by atoms with Crippen LogP contribution in [0.2, 0.25) is 0 Å². The van der Waals surface area contributed by atoms with Gasteiger partial charge in [0.25, 0.3) is 0 Å². The first kappa shape index (κ1) is 16.2. The molecule has 2 heterocycles. The highest BCUT2D eigenvalue weighted by atomic mass is 16.1. The lowest BCUT2D eigenvalue weighted by atomic mass is 10.1. The van der Waals surface area contributed by atoms with Crippen LogP contribution in [-0.2, 0) is 6.54 Å². The van der Waals surface area contributed by atoms with Gasteiger partial charge in [-0.1, -0.05) is 12.1 Å². The van der Waals surface area contributed by atoms with Crippen molar-refractivity contribution in [1.29, 1.82) is 0 Å². The molecular weight excluding hydrogens is 298 g/mol. The minimum Gasteiger partial charge on any atom is -0.327 e. The summed E-state index contributed by atoms with van der Waals surface area (Å²) in [4.78, 5) is 17.1. The first-order valence-corrected chi connectivity index (χ1v) is 8.16. The Hall–Kier alpha value is -2.62. The Morgan fingerprint density at radius 1 is 1.04 bits per heavy atom. The summed E-state index contributed by atoms with van der Waals surface area (Å²) in [6, 6.07) is 10.3. The van der Waals surface area contributed by atoms with Crippen molar-refractivity contribution in [2.24, 2.45) is 0 Å². The van der Waals surface area contributed by atoms with Crippen LogP contribution in [0.15, 0.2) is 36.7 Å². The molecule has 0 saturated carbocycles. The lowest BCUT2D eigenvalue weighted by molar-refractivity contribution is 0.0970. The predicted molar refractivity (Wildman–Crippen MR) is 96.0 cm³/mol. The van der Waals surface area contributed by atoms with Crippen LogP contribution in [0.3, 0.4) is 0 Å². The van der Waals surface area contributed by atoms with Gasteiger partial charge in [0.2, 0.25) is 0 Å². The molecule has 4 nitrogen and oxygen atoms in total. The van der Waals surface area contributed by atoms with Crippen LogP contribution >= 0.6 is 0 Å². The van der Waals surface area contributed by atoms with Crippen LogP contribution < -0.4 is 0 Å². The highest BCUT2D eigenvalue weighted by Crippen LogP contribution is 2.22. The van der Waals surface area contributed by atoms with E-state index in [1.54, 1.807) is 6.33 Å². The third-order valence-corrected chi connectivity index (χ3v) is 4.65. The lowest BCUT2D eigenvalue weighted by Gasteiger charge is -2.11. The highest BCUT2D eigenvalue weighted by molar-refractivity contribution is 5.97. The molecule has 0 aliphatic rings. The zero-order chi connectivity index (χ0) is 17.4. The second kappa shape index (κ2) is 6.11. The van der Waals surface area contributed by atoms with E-state index in [0.717, 1.165) is 34.0 Å². The van der Waals surface area contributed by atoms with Gasteiger partial charge in [0, 0.05) is 28.3 Å². The van der Waals surface area contributed by atoms with Crippen molar-refractivity contribution < 1.29 is 4.79 Å². The molecule has 0 aliphatic heterocycles. The molecule has 4 heteroatoms. The van der Waals surface area contributed by atoms with E-state index >= 15 is 0 Å². The molecule has 0 saturated heterocycles. The van der Waals surface area contributed by atoms with Crippen molar-refractivity contribution in [2.45, 2.75) is 41.2 Å². The summed E-state index contributed by atoms with van der Waals surface area (Å²) in [6.45, 7) is 10.4. The molecule has 124 valence electrons. The fraction of sp³-hybridized carbons (Fsp3) is 0.300. The fourth-order valence-corrected chi connectivity index (χ4v) is 3.15. The summed E-state index contributed by atoms with van der Waals surface area (Å²) >= 11 is 0. The molecule has 3 aromatic rings. The second-order valence-corrected chi connectivity index (χ2v) is 6.43. The van der Waals surface area contributed by atoms with Gasteiger partial charge in [0.15, 0.2) is 5.78 Å². The molecule has 0 N–H and O–H groups in total. The quantitative estimate of drug-likeness (QED) is 0.679. The van der Waals surface area contributed by atoms with E-state index in [1.165, 1.54) is 5.56 Å². The van der Waals surface area contributed by atoms with Crippen molar-refractivity contribution in [3.05, 3.63) is 70.6 Å². The molecule has 0 radical (unpaired) electrons. The van der Waals surface area contributed by atoms with Gasteiger partial charge in [-0.25, -0.2) is 4.98 Å². The lowest BCUT2D eigenvalue weighted by Crippen LogP contribution is -2.12. The number of carbonyl (C=O) groups excluding carboxylic acids is 1. The van der Waals surface area contributed by atoms with Crippen LogP contribution in [0.25, 0.3) is 5.69 Å². The average Bonchev–Trinajstić information content (AvgIpc) is 3.00. The van der Waals surface area contributed by atoms with Crippen LogP contribution in [0.4, 0.5) is 0 Å². The standard InChI is InChI=1S/C20H23N3O/c1-13-7-6-8-18(9-13)23-14(2)10-19(17(23)5)20(24)11-22-12-21-15(3)16(22)4/h6-10,12H,11H2,1-5H3. The van der Waals surface area contributed by atoms with Gasteiger partial charge in [0.1, 0.15) is 0 Å². The van der Waals surface area contributed by atoms with Crippen LogP contribution in [0.1, 0.15) is 38.7 Å². The largest absolute Gasteiger partial charge is 0.327 e. The van der Waals surface area contributed by atoms with Crippen molar-refractivity contribution in [2.75, 3.05) is 0 Å². The van der Waals surface area contributed by atoms with E-state index in [9.17, 15) is 4.79 Å². The van der Waals surface area contributed by atoms with E-state index < -0.39 is 0 Å². The number of ketones is 1. The number of hydrogen-bond acceptors (Lipinski definition) is 2. The van der Waals surface area contributed by atoms with E-state index in [2.05, 4.69) is 34.7 Å². The molecule has 0 atom stereocenters. The highest BCUT2D eigenvalue weighted by Gasteiger charge is 2.18. The molecular formula is C20H23N3O. The minimum atomic E-state index is 0.113. The van der Waals surface area contributed by atoms with Gasteiger partial charge in [-0.05, 0) is 58.4 Å². The smallest absolute Gasteiger partial charge is 0.184 e. The zero-order valence-electron chi connectivity index (χ0n) is 14.9. The predicted octanol–water partition coefficient (Wildman–Crippen LogP) is 4.10. The topological polar surface area (TPSA) is 39.8 Å². The van der Waals surface area contributed by atoms with Crippen molar-refractivity contribution in [1.82, 2.24) is 14.1 Å². The Morgan fingerprint density at radius 2 is 1.79 bits per heavy atom. The number of aromatic nitrogens is 3. The Morgan fingerprint density at radius 3 is 2.42 bits per heavy atom. The number of Topliss-reactive ketones (excluding diaryl/α,β-unsaturated/α-hetero) is 1. The van der Waals surface area contributed by atoms with Crippen LogP contribution in [-0.4, -0.2) is 19.9 Å². The van der Waals surface area contributed by atoms with Crippen molar-refractivity contribution in [3.8, 4) is 5.69 Å². The SMILES string of the molecule is Cc1cccc(-n2c(C)cc(C(=O)Cn3cnc(C)c3C)c2C)c1. The van der Waals surface area contributed by atoms with Crippen molar-refractivity contribution >= 4 is 5.78 Å². The van der Waals surface area contributed by atoms with Gasteiger partial charge in [-0.3, -0.25) is 4.79 Å². The molecule has 3 rings (SSSR count). The van der Waals surface area contributed by atoms with Gasteiger partial charge in [0.05, 0.1) is 18.6 Å². The van der Waals surface area contributed by atoms with Gasteiger partial charge >= 0.3 is 0 Å². The van der Waals surface area contributed by atoms with E-state index in [4.69, 9.17) is 0 Å². The molecule has 0 bridgehead atoms. The third-order valence-electron chi connectivity index (χ3n) is 4.65. The number of carbonyl (C=O) groups is 1. The molecule has 0 unspecified atom stereocenters. The van der Waals surface area contributed by atoms with Gasteiger partial charge < -0.3 is 9.13 Å². The zero-order valence-corrected chi connectivity index (χ0v) is 14.9. The summed E-state index contributed by atoms with van der Waals surface area (Å²) < 4.78 is 4.06. The first-order chi connectivity index (χ1) is 11.4. The summed E-state index contributed by atoms with van der Waals surface area (Å²) in [5, 5.41) is 0. The third kappa shape index (κ3) is 2.80. The Balaban J connectivity index is 1.97. The monoisotopic (exact) mass is 321 g/mol. The van der Waals surface area contributed by atoms with Gasteiger partial charge in [-0.15, -0.1) is 0 Å². The van der Waals surface area contributed by atoms with Crippen LogP contribution in [0, 0.1) is 34.6 Å². The average molecular weight is 321 g/mol. The summed E-state index contributed by atoms with van der Waals surface area (Å²) in [7, 11) is 0. The maximum absolute atomic E-state index is 12.8. The molecule has 0 amide bonds. The fourth-order valence-electron chi connectivity index (χ4n) is 3.15. The van der Waals surface area contributed by atoms with Crippen molar-refractivity contribution in [3.63, 3.8) is 0 Å². The van der Waals surface area contributed by atoms with E-state index in [-0.39, 0.29) is 5.78 Å². The Kier molecular flexibility index (Phi) is 4.14.